The molecule has 0 aromatic carbocycles. The molecule has 0 radical (unpaired) electrons. The molecule has 58 valence electrons. The lowest BCUT2D eigenvalue weighted by Gasteiger charge is -2.04. The Bertz CT molecular complexity index is 147. The van der Waals surface area contributed by atoms with Crippen LogP contribution < -0.4 is 4.90 Å². The molecule has 1 aromatic heterocycles. The maximum absolute atomic E-state index is 4.06. The van der Waals surface area contributed by atoms with Crippen molar-refractivity contribution in [2.24, 2.45) is 0 Å². The third-order valence-corrected chi connectivity index (χ3v) is 1.74. The third kappa shape index (κ3) is 2.82. The summed E-state index contributed by atoms with van der Waals surface area (Å²) in [6, 6.07) is 0. The number of hydrogen-bond donors (Lipinski definition) is 0. The number of anilines is 1. The molecule has 10 heavy (non-hydrogen) atoms. The maximum atomic E-state index is 4.06. The summed E-state index contributed by atoms with van der Waals surface area (Å²) < 4.78 is 0. The van der Waals surface area contributed by atoms with E-state index in [0.717, 1.165) is 5.13 Å². The van der Waals surface area contributed by atoms with Crippen LogP contribution in [0.15, 0.2) is 11.6 Å². The van der Waals surface area contributed by atoms with Crippen molar-refractivity contribution in [3.63, 3.8) is 0 Å². The van der Waals surface area contributed by atoms with Crippen molar-refractivity contribution in [3.05, 3.63) is 11.6 Å². The second kappa shape index (κ2) is 5.23. The summed E-state index contributed by atoms with van der Waals surface area (Å²) in [4.78, 5) is 6.05. The molecule has 0 N–H and O–H groups in total. The first-order chi connectivity index (χ1) is 4.80. The molecular weight excluding hydrogens is 144 g/mol. The molecule has 0 atom stereocenters. The van der Waals surface area contributed by atoms with Gasteiger partial charge in [0.1, 0.15) is 0 Å². The summed E-state index contributed by atoms with van der Waals surface area (Å²) in [6.45, 7) is 4.00. The van der Waals surface area contributed by atoms with Crippen molar-refractivity contribution < 1.29 is 0 Å². The van der Waals surface area contributed by atoms with Gasteiger partial charge in [-0.2, -0.15) is 0 Å². The second-order valence-corrected chi connectivity index (χ2v) is 2.58. The van der Waals surface area contributed by atoms with Crippen LogP contribution in [0.5, 0.6) is 0 Å². The van der Waals surface area contributed by atoms with Crippen LogP contribution in [0.2, 0.25) is 0 Å². The zero-order valence-electron chi connectivity index (χ0n) is 6.96. The lowest BCUT2D eigenvalue weighted by Crippen LogP contribution is -2.07. The van der Waals surface area contributed by atoms with Gasteiger partial charge in [0, 0.05) is 25.7 Å². The molecule has 1 heterocycles. The predicted molar refractivity (Wildman–Crippen MR) is 47.8 cm³/mol. The Balaban J connectivity index is 0.000000371. The normalized spacial score (nSPS) is 8.00. The van der Waals surface area contributed by atoms with E-state index in [4.69, 9.17) is 0 Å². The van der Waals surface area contributed by atoms with Crippen LogP contribution in [-0.2, 0) is 0 Å². The zero-order chi connectivity index (χ0) is 7.98. The van der Waals surface area contributed by atoms with E-state index in [1.54, 1.807) is 17.5 Å². The van der Waals surface area contributed by atoms with Crippen LogP contribution in [0.4, 0.5) is 5.13 Å². The summed E-state index contributed by atoms with van der Waals surface area (Å²) in [5, 5.41) is 3.03. The fraction of sp³-hybridized carbons (Fsp3) is 0.571. The Morgan fingerprint density at radius 3 is 2.20 bits per heavy atom. The van der Waals surface area contributed by atoms with Crippen molar-refractivity contribution in [3.8, 4) is 0 Å². The summed E-state index contributed by atoms with van der Waals surface area (Å²) in [5.74, 6) is 0. The van der Waals surface area contributed by atoms with Crippen LogP contribution in [0.1, 0.15) is 13.8 Å². The summed E-state index contributed by atoms with van der Waals surface area (Å²) in [5.41, 5.74) is 0. The van der Waals surface area contributed by atoms with Gasteiger partial charge in [-0.25, -0.2) is 4.98 Å². The van der Waals surface area contributed by atoms with Crippen LogP contribution in [0.25, 0.3) is 0 Å². The quantitative estimate of drug-likeness (QED) is 0.623. The Labute approximate surface area is 66.5 Å². The SMILES string of the molecule is CC.CN(C)c1nccs1. The summed E-state index contributed by atoms with van der Waals surface area (Å²) >= 11 is 1.65. The van der Waals surface area contributed by atoms with Gasteiger partial charge in [-0.1, -0.05) is 13.8 Å². The fourth-order valence-electron chi connectivity index (χ4n) is 0.437. The van der Waals surface area contributed by atoms with E-state index in [9.17, 15) is 0 Å². The van der Waals surface area contributed by atoms with Gasteiger partial charge in [0.25, 0.3) is 0 Å². The van der Waals surface area contributed by atoms with E-state index in [1.807, 2.05) is 38.2 Å². The molecule has 1 rings (SSSR count). The van der Waals surface area contributed by atoms with E-state index < -0.39 is 0 Å². The van der Waals surface area contributed by atoms with Gasteiger partial charge in [-0.05, 0) is 0 Å². The Kier molecular flexibility index (Phi) is 4.94. The average molecular weight is 158 g/mol. The van der Waals surface area contributed by atoms with Crippen LogP contribution in [0, 0.1) is 0 Å². The molecule has 0 saturated heterocycles. The standard InChI is InChI=1S/C5H8N2S.C2H6/c1-7(2)5-6-3-4-8-5;1-2/h3-4H,1-2H3;1-2H3. The number of aromatic nitrogens is 1. The first kappa shape index (κ1) is 9.43. The molecule has 0 bridgehead atoms. The van der Waals surface area contributed by atoms with Gasteiger partial charge < -0.3 is 4.90 Å². The number of nitrogens with zero attached hydrogens (tertiary/aromatic N) is 2. The van der Waals surface area contributed by atoms with Gasteiger partial charge >= 0.3 is 0 Å². The molecule has 0 aliphatic carbocycles. The minimum atomic E-state index is 1.06. The van der Waals surface area contributed by atoms with E-state index in [1.165, 1.54) is 0 Å². The topological polar surface area (TPSA) is 16.1 Å². The van der Waals surface area contributed by atoms with Crippen molar-refractivity contribution >= 4 is 16.5 Å². The predicted octanol–water partition coefficient (Wildman–Crippen LogP) is 2.24. The van der Waals surface area contributed by atoms with Crippen LogP contribution in [-0.4, -0.2) is 19.1 Å². The fourth-order valence-corrected chi connectivity index (χ4v) is 1.01. The smallest absolute Gasteiger partial charge is 0.184 e. The molecule has 0 fully saturated rings. The monoisotopic (exact) mass is 158 g/mol. The largest absolute Gasteiger partial charge is 0.354 e. The first-order valence-corrected chi connectivity index (χ1v) is 4.25. The molecule has 3 heteroatoms. The lowest BCUT2D eigenvalue weighted by molar-refractivity contribution is 1.10. The maximum Gasteiger partial charge on any atom is 0.184 e. The third-order valence-electron chi connectivity index (χ3n) is 0.802. The molecule has 2 nitrogen and oxygen atoms in total. The van der Waals surface area contributed by atoms with Crippen molar-refractivity contribution in [2.75, 3.05) is 19.0 Å². The van der Waals surface area contributed by atoms with Gasteiger partial charge in [0.2, 0.25) is 0 Å². The lowest BCUT2D eigenvalue weighted by atomic mass is 10.9. The highest BCUT2D eigenvalue weighted by Crippen LogP contribution is 2.12. The van der Waals surface area contributed by atoms with E-state index in [0.29, 0.717) is 0 Å². The number of rotatable bonds is 1. The summed E-state index contributed by atoms with van der Waals surface area (Å²) in [7, 11) is 3.97. The van der Waals surface area contributed by atoms with E-state index >= 15 is 0 Å². The van der Waals surface area contributed by atoms with Crippen molar-refractivity contribution in [2.45, 2.75) is 13.8 Å². The highest BCUT2D eigenvalue weighted by Gasteiger charge is 1.92. The summed E-state index contributed by atoms with van der Waals surface area (Å²) in [6.07, 6.45) is 1.81. The second-order valence-electron chi connectivity index (χ2n) is 1.71. The molecule has 0 aliphatic heterocycles. The molecule has 0 amide bonds. The van der Waals surface area contributed by atoms with Crippen molar-refractivity contribution in [1.29, 1.82) is 0 Å². The first-order valence-electron chi connectivity index (χ1n) is 3.37. The highest BCUT2D eigenvalue weighted by molar-refractivity contribution is 7.13. The van der Waals surface area contributed by atoms with Crippen LogP contribution in [0.3, 0.4) is 0 Å². The number of thiazole rings is 1. The molecule has 0 saturated carbocycles. The average Bonchev–Trinajstić information content (AvgIpc) is 2.42. The Morgan fingerprint density at radius 1 is 1.40 bits per heavy atom. The van der Waals surface area contributed by atoms with Crippen LogP contribution >= 0.6 is 11.3 Å². The number of hydrogen-bond acceptors (Lipinski definition) is 3. The van der Waals surface area contributed by atoms with Gasteiger partial charge in [0.15, 0.2) is 5.13 Å². The van der Waals surface area contributed by atoms with E-state index in [-0.39, 0.29) is 0 Å². The Morgan fingerprint density at radius 2 is 2.00 bits per heavy atom. The highest BCUT2D eigenvalue weighted by atomic mass is 32.1. The van der Waals surface area contributed by atoms with Gasteiger partial charge in [-0.3, -0.25) is 0 Å². The Hall–Kier alpha value is -0.570. The molecular formula is C7H14N2S. The molecule has 0 unspecified atom stereocenters. The molecule has 1 aromatic rings. The molecule has 0 aliphatic rings. The molecule has 0 spiro atoms. The van der Waals surface area contributed by atoms with Gasteiger partial charge in [-0.15, -0.1) is 11.3 Å². The zero-order valence-corrected chi connectivity index (χ0v) is 7.77. The van der Waals surface area contributed by atoms with E-state index in [2.05, 4.69) is 4.98 Å². The minimum absolute atomic E-state index is 1.06. The van der Waals surface area contributed by atoms with Crippen molar-refractivity contribution in [1.82, 2.24) is 4.98 Å². The minimum Gasteiger partial charge on any atom is -0.354 e. The van der Waals surface area contributed by atoms with Gasteiger partial charge in [0.05, 0.1) is 0 Å².